The van der Waals surface area contributed by atoms with E-state index in [2.05, 4.69) is 16.4 Å². The highest BCUT2D eigenvalue weighted by Crippen LogP contribution is 2.30. The number of nitrogens with zero attached hydrogens (tertiary/aromatic N) is 2. The van der Waals surface area contributed by atoms with Crippen LogP contribution in [-0.4, -0.2) is 22.5 Å². The maximum Gasteiger partial charge on any atom is 0.417 e. The van der Waals surface area contributed by atoms with E-state index in [1.807, 2.05) is 56.3 Å². The van der Waals surface area contributed by atoms with Gasteiger partial charge in [0, 0.05) is 24.2 Å². The minimum Gasteiger partial charge on any atom is -0.462 e. The van der Waals surface area contributed by atoms with Crippen molar-refractivity contribution in [1.29, 1.82) is 5.26 Å². The van der Waals surface area contributed by atoms with Crippen LogP contribution in [0.3, 0.4) is 0 Å². The Morgan fingerprint density at radius 3 is 2.39 bits per heavy atom. The lowest BCUT2D eigenvalue weighted by atomic mass is 9.85. The molecule has 0 saturated carbocycles. The molecule has 188 valence electrons. The molecule has 0 aliphatic heterocycles. The van der Waals surface area contributed by atoms with Crippen molar-refractivity contribution in [3.05, 3.63) is 94.7 Å². The Hall–Kier alpha value is -3.86. The molecular weight excluding hydrogens is 467 g/mol. The number of benzene rings is 2. The molecule has 0 radical (unpaired) electrons. The minimum absolute atomic E-state index is 0.0891. The van der Waals surface area contributed by atoms with Crippen LogP contribution in [0.1, 0.15) is 54.5 Å². The summed E-state index contributed by atoms with van der Waals surface area (Å²) in [6, 6.07) is 19.2. The van der Waals surface area contributed by atoms with Gasteiger partial charge in [0.25, 0.3) is 5.91 Å². The van der Waals surface area contributed by atoms with Gasteiger partial charge in [0.1, 0.15) is 0 Å². The molecule has 3 rings (SSSR count). The van der Waals surface area contributed by atoms with Crippen LogP contribution in [0, 0.1) is 18.3 Å². The number of carbonyl (C=O) groups excluding carboxylic acids is 1. The summed E-state index contributed by atoms with van der Waals surface area (Å²) >= 11 is 0. The van der Waals surface area contributed by atoms with E-state index in [0.717, 1.165) is 28.8 Å². The summed E-state index contributed by atoms with van der Waals surface area (Å²) < 4.78 is 44.1. The fourth-order valence-electron chi connectivity index (χ4n) is 3.80. The molecule has 2 atom stereocenters. The van der Waals surface area contributed by atoms with Crippen molar-refractivity contribution in [3.8, 4) is 11.9 Å². The van der Waals surface area contributed by atoms with Gasteiger partial charge in [-0.1, -0.05) is 42.0 Å². The third kappa shape index (κ3) is 6.85. The molecule has 2 aromatic carbocycles. The Labute approximate surface area is 208 Å². The number of nitrogens with one attached hydrogen (secondary N) is 1. The molecular formula is C28H28F3N3O2. The summed E-state index contributed by atoms with van der Waals surface area (Å²) in [4.78, 5) is 16.9. The second-order valence-electron chi connectivity index (χ2n) is 9.29. The van der Waals surface area contributed by atoms with Crippen LogP contribution in [0.2, 0.25) is 0 Å². The van der Waals surface area contributed by atoms with Gasteiger partial charge in [0.2, 0.25) is 5.88 Å². The topological polar surface area (TPSA) is 75.0 Å². The van der Waals surface area contributed by atoms with Gasteiger partial charge in [-0.2, -0.15) is 18.4 Å². The number of pyridine rings is 1. The quantitative estimate of drug-likeness (QED) is 0.418. The molecule has 36 heavy (non-hydrogen) atoms. The third-order valence-electron chi connectivity index (χ3n) is 5.95. The van der Waals surface area contributed by atoms with Crippen molar-refractivity contribution in [2.24, 2.45) is 0 Å². The number of ether oxygens (including phenoxy) is 1. The predicted octanol–water partition coefficient (Wildman–Crippen LogP) is 5.97. The SMILES string of the molecule is Cc1ccc(C[C@@H](c2cccc(C#N)c2)[C@H](C)NC(=O)C(C)(C)Oc2ccc(C(F)(F)F)cn2)cc1. The Kier molecular flexibility index (Phi) is 8.03. The molecule has 1 amide bonds. The van der Waals surface area contributed by atoms with E-state index < -0.39 is 23.2 Å². The van der Waals surface area contributed by atoms with Gasteiger partial charge in [0.05, 0.1) is 17.2 Å². The smallest absolute Gasteiger partial charge is 0.417 e. The zero-order valence-corrected chi connectivity index (χ0v) is 20.6. The van der Waals surface area contributed by atoms with Crippen LogP contribution in [0.5, 0.6) is 5.88 Å². The normalized spacial score (nSPS) is 13.4. The van der Waals surface area contributed by atoms with Crippen LogP contribution in [0.4, 0.5) is 13.2 Å². The monoisotopic (exact) mass is 495 g/mol. The van der Waals surface area contributed by atoms with Crippen LogP contribution >= 0.6 is 0 Å². The molecule has 0 unspecified atom stereocenters. The van der Waals surface area contributed by atoms with Gasteiger partial charge in [-0.05, 0) is 63.4 Å². The summed E-state index contributed by atoms with van der Waals surface area (Å²) in [5, 5.41) is 12.3. The first kappa shape index (κ1) is 26.7. The number of carbonyl (C=O) groups is 1. The zero-order valence-electron chi connectivity index (χ0n) is 20.6. The van der Waals surface area contributed by atoms with Gasteiger partial charge in [-0.25, -0.2) is 4.98 Å². The van der Waals surface area contributed by atoms with Crippen molar-refractivity contribution in [2.45, 2.75) is 57.9 Å². The van der Waals surface area contributed by atoms with Crippen molar-refractivity contribution >= 4 is 5.91 Å². The van der Waals surface area contributed by atoms with E-state index in [4.69, 9.17) is 4.74 Å². The molecule has 1 heterocycles. The molecule has 5 nitrogen and oxygen atoms in total. The number of nitriles is 1. The number of aromatic nitrogens is 1. The van der Waals surface area contributed by atoms with E-state index in [-0.39, 0.29) is 17.8 Å². The first-order valence-electron chi connectivity index (χ1n) is 11.5. The van der Waals surface area contributed by atoms with Crippen molar-refractivity contribution in [3.63, 3.8) is 0 Å². The Bertz CT molecular complexity index is 1230. The van der Waals surface area contributed by atoms with Crippen molar-refractivity contribution in [1.82, 2.24) is 10.3 Å². The predicted molar refractivity (Wildman–Crippen MR) is 130 cm³/mol. The number of halogens is 3. The molecule has 1 aromatic heterocycles. The Morgan fingerprint density at radius 1 is 1.11 bits per heavy atom. The molecule has 0 spiro atoms. The molecule has 8 heteroatoms. The first-order chi connectivity index (χ1) is 16.9. The zero-order chi connectivity index (χ0) is 26.5. The highest BCUT2D eigenvalue weighted by molar-refractivity contribution is 5.85. The lowest BCUT2D eigenvalue weighted by molar-refractivity contribution is -0.138. The molecule has 0 saturated heterocycles. The first-order valence-corrected chi connectivity index (χ1v) is 11.5. The fraction of sp³-hybridized carbons (Fsp3) is 0.321. The largest absolute Gasteiger partial charge is 0.462 e. The summed E-state index contributed by atoms with van der Waals surface area (Å²) in [5.74, 6) is -0.680. The maximum absolute atomic E-state index is 13.2. The number of hydrogen-bond donors (Lipinski definition) is 1. The van der Waals surface area contributed by atoms with E-state index >= 15 is 0 Å². The van der Waals surface area contributed by atoms with E-state index in [0.29, 0.717) is 18.2 Å². The van der Waals surface area contributed by atoms with E-state index in [1.54, 1.807) is 6.07 Å². The molecule has 0 bridgehead atoms. The number of rotatable bonds is 8. The average molecular weight is 496 g/mol. The average Bonchev–Trinajstić information content (AvgIpc) is 2.83. The van der Waals surface area contributed by atoms with Gasteiger partial charge in [-0.15, -0.1) is 0 Å². The lowest BCUT2D eigenvalue weighted by Crippen LogP contribution is -2.51. The highest BCUT2D eigenvalue weighted by atomic mass is 19.4. The third-order valence-corrected chi connectivity index (χ3v) is 5.95. The fourth-order valence-corrected chi connectivity index (χ4v) is 3.80. The molecule has 1 N–H and O–H groups in total. The number of alkyl halides is 3. The second kappa shape index (κ2) is 10.8. The molecule has 0 aliphatic carbocycles. The van der Waals surface area contributed by atoms with Crippen molar-refractivity contribution in [2.75, 3.05) is 0 Å². The molecule has 0 aliphatic rings. The van der Waals surface area contributed by atoms with Gasteiger partial charge < -0.3 is 10.1 Å². The summed E-state index contributed by atoms with van der Waals surface area (Å²) in [5.41, 5.74) is 1.36. The standard InChI is InChI=1S/C28H28F3N3O2/c1-18-8-10-20(11-9-18)15-24(22-7-5-6-21(14-22)16-32)19(2)34-26(35)27(3,4)36-25-13-12-23(17-33-25)28(29,30)31/h5-14,17,19,24H,15H2,1-4H3,(H,34,35)/t19-,24+/m0/s1. The second-order valence-corrected chi connectivity index (χ2v) is 9.29. The van der Waals surface area contributed by atoms with Crippen LogP contribution in [0.15, 0.2) is 66.9 Å². The van der Waals surface area contributed by atoms with Crippen molar-refractivity contribution < 1.29 is 22.7 Å². The van der Waals surface area contributed by atoms with Gasteiger partial charge >= 0.3 is 6.18 Å². The van der Waals surface area contributed by atoms with Gasteiger partial charge in [-0.3, -0.25) is 4.79 Å². The Balaban J connectivity index is 1.79. The molecule has 0 fully saturated rings. The number of hydrogen-bond acceptors (Lipinski definition) is 4. The van der Waals surface area contributed by atoms with E-state index in [9.17, 15) is 23.2 Å². The number of amides is 1. The summed E-state index contributed by atoms with van der Waals surface area (Å²) in [7, 11) is 0. The van der Waals surface area contributed by atoms with Crippen LogP contribution in [-0.2, 0) is 17.4 Å². The minimum atomic E-state index is -4.51. The summed E-state index contributed by atoms with van der Waals surface area (Å²) in [6.45, 7) is 6.94. The lowest BCUT2D eigenvalue weighted by Gasteiger charge is -2.30. The maximum atomic E-state index is 13.2. The Morgan fingerprint density at radius 2 is 1.81 bits per heavy atom. The highest BCUT2D eigenvalue weighted by Gasteiger charge is 2.34. The summed E-state index contributed by atoms with van der Waals surface area (Å²) in [6.07, 6.45) is -3.22. The van der Waals surface area contributed by atoms with Crippen LogP contribution < -0.4 is 10.1 Å². The number of aryl methyl sites for hydroxylation is 1. The van der Waals surface area contributed by atoms with Gasteiger partial charge in [0.15, 0.2) is 5.60 Å². The van der Waals surface area contributed by atoms with E-state index in [1.165, 1.54) is 13.8 Å². The molecule has 3 aromatic rings. The van der Waals surface area contributed by atoms with Crippen LogP contribution in [0.25, 0.3) is 0 Å².